The number of likely N-dealkylation sites (tertiary alicyclic amines) is 1. The molecular formula is C15H22ClFN3S+. The smallest absolute Gasteiger partial charge is 0.171 e. The molecule has 0 aliphatic carbocycles. The van der Waals surface area contributed by atoms with Crippen LogP contribution in [-0.4, -0.2) is 30.3 Å². The van der Waals surface area contributed by atoms with Crippen LogP contribution in [0.15, 0.2) is 18.2 Å². The van der Waals surface area contributed by atoms with Crippen molar-refractivity contribution in [2.24, 2.45) is 0 Å². The van der Waals surface area contributed by atoms with Crippen LogP contribution in [0.4, 0.5) is 10.1 Å². The Morgan fingerprint density at radius 1 is 1.38 bits per heavy atom. The topological polar surface area (TPSA) is 28.5 Å². The van der Waals surface area contributed by atoms with Crippen LogP contribution in [0.25, 0.3) is 0 Å². The van der Waals surface area contributed by atoms with Crippen LogP contribution in [0.1, 0.15) is 26.7 Å². The lowest BCUT2D eigenvalue weighted by Gasteiger charge is -2.32. The van der Waals surface area contributed by atoms with Gasteiger partial charge in [0.25, 0.3) is 0 Å². The Bertz CT molecular complexity index is 502. The zero-order chi connectivity index (χ0) is 15.4. The Morgan fingerprint density at radius 2 is 2.05 bits per heavy atom. The third-order valence-electron chi connectivity index (χ3n) is 3.96. The highest BCUT2D eigenvalue weighted by atomic mass is 35.5. The van der Waals surface area contributed by atoms with Crippen molar-refractivity contribution in [1.82, 2.24) is 5.32 Å². The van der Waals surface area contributed by atoms with Crippen LogP contribution in [-0.2, 0) is 0 Å². The number of quaternary nitrogens is 1. The number of nitrogens with one attached hydrogen (secondary N) is 3. The van der Waals surface area contributed by atoms with Crippen LogP contribution < -0.4 is 15.5 Å². The lowest BCUT2D eigenvalue weighted by atomic mass is 10.0. The first kappa shape index (κ1) is 16.5. The van der Waals surface area contributed by atoms with E-state index in [0.717, 1.165) is 12.8 Å². The lowest BCUT2D eigenvalue weighted by Crippen LogP contribution is -3.16. The van der Waals surface area contributed by atoms with Gasteiger partial charge in [-0.2, -0.15) is 0 Å². The van der Waals surface area contributed by atoms with Gasteiger partial charge in [-0.15, -0.1) is 0 Å². The molecule has 1 fully saturated rings. The average molecular weight is 331 g/mol. The van der Waals surface area contributed by atoms with Crippen molar-refractivity contribution in [1.29, 1.82) is 0 Å². The van der Waals surface area contributed by atoms with Crippen molar-refractivity contribution in [3.63, 3.8) is 0 Å². The van der Waals surface area contributed by atoms with Gasteiger partial charge in [-0.1, -0.05) is 11.6 Å². The summed E-state index contributed by atoms with van der Waals surface area (Å²) in [6.45, 7) is 6.85. The first-order valence-electron chi connectivity index (χ1n) is 7.33. The molecule has 6 heteroatoms. The summed E-state index contributed by atoms with van der Waals surface area (Å²) in [6, 6.07) is 5.58. The highest BCUT2D eigenvalue weighted by Crippen LogP contribution is 2.19. The molecule has 2 rings (SSSR count). The first-order valence-corrected chi connectivity index (χ1v) is 8.11. The number of benzene rings is 1. The van der Waals surface area contributed by atoms with Gasteiger partial charge < -0.3 is 15.5 Å². The van der Waals surface area contributed by atoms with E-state index in [0.29, 0.717) is 22.9 Å². The van der Waals surface area contributed by atoms with Crippen LogP contribution in [0.2, 0.25) is 5.02 Å². The largest absolute Gasteiger partial charge is 0.359 e. The van der Waals surface area contributed by atoms with Crippen LogP contribution >= 0.6 is 23.8 Å². The monoisotopic (exact) mass is 330 g/mol. The Hall–Kier alpha value is -0.910. The minimum absolute atomic E-state index is 0.0941. The quantitative estimate of drug-likeness (QED) is 0.742. The number of rotatable bonds is 3. The van der Waals surface area contributed by atoms with Gasteiger partial charge >= 0.3 is 0 Å². The van der Waals surface area contributed by atoms with E-state index in [1.807, 2.05) is 0 Å². The van der Waals surface area contributed by atoms with Gasteiger partial charge in [0.1, 0.15) is 5.82 Å². The van der Waals surface area contributed by atoms with Gasteiger partial charge in [0, 0.05) is 24.6 Å². The SMILES string of the molecule is CC(C)[NH+]1CCC(NC(=S)Nc2ccc(F)c(Cl)c2)CC1. The predicted molar refractivity (Wildman–Crippen MR) is 89.6 cm³/mol. The second-order valence-electron chi connectivity index (χ2n) is 5.81. The molecule has 1 aliphatic rings. The molecule has 1 aliphatic heterocycles. The zero-order valence-corrected chi connectivity index (χ0v) is 14.0. The summed E-state index contributed by atoms with van der Waals surface area (Å²) in [5.74, 6) is -0.426. The van der Waals surface area contributed by atoms with E-state index in [2.05, 4.69) is 24.5 Å². The number of piperidine rings is 1. The molecule has 1 heterocycles. The highest BCUT2D eigenvalue weighted by Gasteiger charge is 2.24. The molecule has 0 amide bonds. The summed E-state index contributed by atoms with van der Waals surface area (Å²) < 4.78 is 13.1. The molecule has 116 valence electrons. The molecule has 3 nitrogen and oxygen atoms in total. The second-order valence-corrected chi connectivity index (χ2v) is 6.63. The van der Waals surface area contributed by atoms with E-state index in [4.69, 9.17) is 23.8 Å². The molecule has 0 bridgehead atoms. The molecule has 1 saturated heterocycles. The van der Waals surface area contributed by atoms with Crippen LogP contribution in [0, 0.1) is 5.82 Å². The summed E-state index contributed by atoms with van der Waals surface area (Å²) in [5, 5.41) is 7.04. The van der Waals surface area contributed by atoms with Gasteiger partial charge in [-0.05, 0) is 44.3 Å². The normalized spacial score (nSPS) is 22.1. The van der Waals surface area contributed by atoms with Gasteiger partial charge in [0.05, 0.1) is 24.2 Å². The van der Waals surface area contributed by atoms with Gasteiger partial charge in [-0.3, -0.25) is 0 Å². The number of halogens is 2. The molecule has 0 spiro atoms. The fourth-order valence-electron chi connectivity index (χ4n) is 2.64. The van der Waals surface area contributed by atoms with E-state index in [1.54, 1.807) is 11.0 Å². The molecule has 3 N–H and O–H groups in total. The van der Waals surface area contributed by atoms with Crippen molar-refractivity contribution >= 4 is 34.6 Å². The summed E-state index contributed by atoms with van der Waals surface area (Å²) in [6.07, 6.45) is 2.22. The van der Waals surface area contributed by atoms with Crippen molar-refractivity contribution in [3.05, 3.63) is 29.0 Å². The van der Waals surface area contributed by atoms with E-state index in [1.165, 1.54) is 25.2 Å². The number of hydrogen-bond acceptors (Lipinski definition) is 1. The van der Waals surface area contributed by atoms with Gasteiger partial charge in [0.2, 0.25) is 0 Å². The van der Waals surface area contributed by atoms with Gasteiger partial charge in [0.15, 0.2) is 5.11 Å². The number of thiocarbonyl (C=S) groups is 1. The first-order chi connectivity index (χ1) is 9.95. The zero-order valence-electron chi connectivity index (χ0n) is 12.4. The Kier molecular flexibility index (Phi) is 5.79. The Morgan fingerprint density at radius 3 is 2.62 bits per heavy atom. The Balaban J connectivity index is 1.81. The van der Waals surface area contributed by atoms with Crippen molar-refractivity contribution in [3.8, 4) is 0 Å². The van der Waals surface area contributed by atoms with Crippen molar-refractivity contribution < 1.29 is 9.29 Å². The van der Waals surface area contributed by atoms with Crippen LogP contribution in [0.3, 0.4) is 0 Å². The standard InChI is InChI=1S/C15H21ClFN3S/c1-10(2)20-7-5-11(6-8-20)18-15(21)19-12-3-4-14(17)13(16)9-12/h3-4,9-11H,5-8H2,1-2H3,(H2,18,19,21)/p+1. The molecule has 1 aromatic carbocycles. The summed E-state index contributed by atoms with van der Waals surface area (Å²) in [4.78, 5) is 1.65. The van der Waals surface area contributed by atoms with E-state index in [9.17, 15) is 4.39 Å². The molecule has 0 radical (unpaired) electrons. The predicted octanol–water partition coefficient (Wildman–Crippen LogP) is 2.22. The molecule has 0 unspecified atom stereocenters. The fourth-order valence-corrected chi connectivity index (χ4v) is 3.10. The second kappa shape index (κ2) is 7.38. The maximum absolute atomic E-state index is 13.1. The molecule has 0 atom stereocenters. The minimum Gasteiger partial charge on any atom is -0.359 e. The molecule has 1 aromatic rings. The number of anilines is 1. The van der Waals surface area contributed by atoms with Crippen molar-refractivity contribution in [2.45, 2.75) is 38.8 Å². The van der Waals surface area contributed by atoms with Crippen LogP contribution in [0.5, 0.6) is 0 Å². The van der Waals surface area contributed by atoms with E-state index in [-0.39, 0.29) is 5.02 Å². The molecule has 0 aromatic heterocycles. The number of hydrogen-bond donors (Lipinski definition) is 3. The summed E-state index contributed by atoms with van der Waals surface area (Å²) >= 11 is 11.1. The molecular weight excluding hydrogens is 309 g/mol. The summed E-state index contributed by atoms with van der Waals surface area (Å²) in [7, 11) is 0. The Labute approximate surface area is 135 Å². The summed E-state index contributed by atoms with van der Waals surface area (Å²) in [5.41, 5.74) is 0.698. The van der Waals surface area contributed by atoms with Crippen molar-refractivity contribution in [2.75, 3.05) is 18.4 Å². The molecule has 21 heavy (non-hydrogen) atoms. The van der Waals surface area contributed by atoms with E-state index < -0.39 is 5.82 Å². The molecule has 0 saturated carbocycles. The fraction of sp³-hybridized carbons (Fsp3) is 0.533. The maximum Gasteiger partial charge on any atom is 0.171 e. The average Bonchev–Trinajstić information content (AvgIpc) is 2.43. The minimum atomic E-state index is -0.426. The third-order valence-corrected chi connectivity index (χ3v) is 4.47. The highest BCUT2D eigenvalue weighted by molar-refractivity contribution is 7.80. The van der Waals surface area contributed by atoms with Gasteiger partial charge in [-0.25, -0.2) is 4.39 Å². The van der Waals surface area contributed by atoms with E-state index >= 15 is 0 Å². The maximum atomic E-state index is 13.1. The third kappa shape index (κ3) is 4.80. The lowest BCUT2D eigenvalue weighted by molar-refractivity contribution is -0.926.